The first-order chi connectivity index (χ1) is 17.8. The quantitative estimate of drug-likeness (QED) is 0.461. The molecule has 0 atom stereocenters. The lowest BCUT2D eigenvalue weighted by molar-refractivity contribution is -0.274. The van der Waals surface area contributed by atoms with Gasteiger partial charge in [-0.2, -0.15) is 0 Å². The van der Waals surface area contributed by atoms with Crippen LogP contribution in [0.1, 0.15) is 15.9 Å². The summed E-state index contributed by atoms with van der Waals surface area (Å²) in [5.74, 6) is -1.17. The molecular formula is C25H25F3N4O5S. The van der Waals surface area contributed by atoms with Crippen LogP contribution in [0.25, 0.3) is 11.1 Å². The van der Waals surface area contributed by atoms with E-state index in [9.17, 15) is 31.5 Å². The van der Waals surface area contributed by atoms with Crippen molar-refractivity contribution >= 4 is 21.6 Å². The maximum absolute atomic E-state index is 12.9. The number of nitrogens with one attached hydrogen (secondary N) is 1. The summed E-state index contributed by atoms with van der Waals surface area (Å²) in [6, 6.07) is 12.3. The summed E-state index contributed by atoms with van der Waals surface area (Å²) in [6.45, 7) is 2.91. The van der Waals surface area contributed by atoms with Gasteiger partial charge in [-0.15, -0.1) is 13.2 Å². The highest BCUT2D eigenvalue weighted by molar-refractivity contribution is 7.89. The summed E-state index contributed by atoms with van der Waals surface area (Å²) < 4.78 is 67.4. The standard InChI is InChI=1S/C25H25F3N4O5S/c1-38(35,36)30-24(34)18-2-4-21(5-3-18)32-8-6-31(7-9-32)16-17-10-19(20-12-22(33)15-29-14-20)13-23(11-17)37-25(26,27)28/h2-5,10-15,33H,6-9,16H2,1H3,(H,30,34). The highest BCUT2D eigenvalue weighted by Crippen LogP contribution is 2.31. The van der Waals surface area contributed by atoms with Crippen molar-refractivity contribution < 1.29 is 36.2 Å². The minimum absolute atomic E-state index is 0.105. The number of halogens is 3. The Morgan fingerprint density at radius 1 is 1.03 bits per heavy atom. The van der Waals surface area contributed by atoms with Crippen LogP contribution >= 0.6 is 0 Å². The van der Waals surface area contributed by atoms with Crippen LogP contribution in [0.2, 0.25) is 0 Å². The lowest BCUT2D eigenvalue weighted by Gasteiger charge is -2.36. The van der Waals surface area contributed by atoms with Crippen LogP contribution in [0.5, 0.6) is 11.5 Å². The largest absolute Gasteiger partial charge is 0.573 e. The Labute approximate surface area is 217 Å². The number of anilines is 1. The number of aromatic hydroxyl groups is 1. The number of benzene rings is 2. The van der Waals surface area contributed by atoms with Crippen molar-refractivity contribution in [1.29, 1.82) is 0 Å². The van der Waals surface area contributed by atoms with Gasteiger partial charge in [-0.05, 0) is 59.7 Å². The number of rotatable bonds is 7. The van der Waals surface area contributed by atoms with Gasteiger partial charge in [0.15, 0.2) is 0 Å². The third-order valence-corrected chi connectivity index (χ3v) is 6.36. The molecule has 0 bridgehead atoms. The molecule has 1 aromatic heterocycles. The van der Waals surface area contributed by atoms with Crippen molar-refractivity contribution in [2.45, 2.75) is 12.9 Å². The molecule has 1 fully saturated rings. The average molecular weight is 551 g/mol. The number of alkyl halides is 3. The Kier molecular flexibility index (Phi) is 7.78. The maximum Gasteiger partial charge on any atom is 0.573 e. The molecule has 0 saturated carbocycles. The molecule has 9 nitrogen and oxygen atoms in total. The zero-order chi connectivity index (χ0) is 27.5. The third-order valence-electron chi connectivity index (χ3n) is 5.81. The Hall–Kier alpha value is -3.84. The van der Waals surface area contributed by atoms with Gasteiger partial charge in [0, 0.05) is 55.7 Å². The lowest BCUT2D eigenvalue weighted by atomic mass is 10.0. The van der Waals surface area contributed by atoms with E-state index in [0.29, 0.717) is 49.4 Å². The highest BCUT2D eigenvalue weighted by atomic mass is 32.2. The van der Waals surface area contributed by atoms with Gasteiger partial charge in [0.1, 0.15) is 11.5 Å². The van der Waals surface area contributed by atoms with Crippen molar-refractivity contribution in [3.05, 3.63) is 72.1 Å². The van der Waals surface area contributed by atoms with Gasteiger partial charge in [-0.1, -0.05) is 0 Å². The molecule has 4 rings (SSSR count). The number of sulfonamides is 1. The summed E-state index contributed by atoms with van der Waals surface area (Å²) in [5.41, 5.74) is 2.58. The third kappa shape index (κ3) is 7.59. The van der Waals surface area contributed by atoms with Crippen molar-refractivity contribution in [2.75, 3.05) is 37.3 Å². The van der Waals surface area contributed by atoms with Gasteiger partial charge in [0.25, 0.3) is 5.91 Å². The number of ether oxygens (including phenoxy) is 1. The first-order valence-electron chi connectivity index (χ1n) is 11.5. The molecule has 2 N–H and O–H groups in total. The number of hydrogen-bond acceptors (Lipinski definition) is 8. The molecule has 1 amide bonds. The van der Waals surface area contributed by atoms with E-state index >= 15 is 0 Å². The summed E-state index contributed by atoms with van der Waals surface area (Å²) in [6.07, 6.45) is -1.26. The molecule has 3 aromatic rings. The number of piperazine rings is 1. The Balaban J connectivity index is 1.43. The van der Waals surface area contributed by atoms with Gasteiger partial charge < -0.3 is 14.7 Å². The van der Waals surface area contributed by atoms with E-state index in [1.165, 1.54) is 30.6 Å². The lowest BCUT2D eigenvalue weighted by Crippen LogP contribution is -2.46. The van der Waals surface area contributed by atoms with Crippen molar-refractivity contribution in [3.8, 4) is 22.6 Å². The fourth-order valence-electron chi connectivity index (χ4n) is 4.17. The Bertz CT molecular complexity index is 1410. The zero-order valence-electron chi connectivity index (χ0n) is 20.3. The maximum atomic E-state index is 12.9. The minimum Gasteiger partial charge on any atom is -0.506 e. The molecular weight excluding hydrogens is 525 g/mol. The van der Waals surface area contributed by atoms with Crippen LogP contribution in [-0.2, 0) is 16.6 Å². The number of aromatic nitrogens is 1. The second kappa shape index (κ2) is 10.9. The number of amides is 1. The molecule has 0 radical (unpaired) electrons. The zero-order valence-corrected chi connectivity index (χ0v) is 21.1. The van der Waals surface area contributed by atoms with Crippen LogP contribution in [0.3, 0.4) is 0 Å². The van der Waals surface area contributed by atoms with E-state index in [2.05, 4.69) is 19.5 Å². The van der Waals surface area contributed by atoms with Crippen molar-refractivity contribution in [2.24, 2.45) is 0 Å². The summed E-state index contributed by atoms with van der Waals surface area (Å²) in [5, 5.41) is 9.74. The average Bonchev–Trinajstić information content (AvgIpc) is 2.82. The van der Waals surface area contributed by atoms with Gasteiger partial charge in [0.2, 0.25) is 10.0 Å². The summed E-state index contributed by atoms with van der Waals surface area (Å²) in [7, 11) is -3.66. The van der Waals surface area contributed by atoms with Crippen molar-refractivity contribution in [1.82, 2.24) is 14.6 Å². The van der Waals surface area contributed by atoms with E-state index in [-0.39, 0.29) is 17.1 Å². The van der Waals surface area contributed by atoms with E-state index in [0.717, 1.165) is 11.9 Å². The first-order valence-corrected chi connectivity index (χ1v) is 13.4. The topological polar surface area (TPSA) is 112 Å². The predicted octanol–water partition coefficient (Wildman–Crippen LogP) is 3.36. The smallest absolute Gasteiger partial charge is 0.506 e. The molecule has 13 heteroatoms. The van der Waals surface area contributed by atoms with Gasteiger partial charge in [-0.3, -0.25) is 14.7 Å². The highest BCUT2D eigenvalue weighted by Gasteiger charge is 2.31. The molecule has 38 heavy (non-hydrogen) atoms. The van der Waals surface area contributed by atoms with Gasteiger partial charge >= 0.3 is 6.36 Å². The monoisotopic (exact) mass is 550 g/mol. The summed E-state index contributed by atoms with van der Waals surface area (Å²) in [4.78, 5) is 20.1. The molecule has 2 aromatic carbocycles. The predicted molar refractivity (Wildman–Crippen MR) is 134 cm³/mol. The van der Waals surface area contributed by atoms with Crippen LogP contribution in [0.15, 0.2) is 60.9 Å². The second-order valence-corrected chi connectivity index (χ2v) is 10.6. The normalized spacial score (nSPS) is 14.8. The van der Waals surface area contributed by atoms with Crippen LogP contribution < -0.4 is 14.4 Å². The van der Waals surface area contributed by atoms with Crippen LogP contribution in [0.4, 0.5) is 18.9 Å². The number of nitrogens with zero attached hydrogens (tertiary/aromatic N) is 3. The molecule has 202 valence electrons. The Morgan fingerprint density at radius 2 is 1.71 bits per heavy atom. The van der Waals surface area contributed by atoms with E-state index in [1.54, 1.807) is 30.3 Å². The van der Waals surface area contributed by atoms with Crippen molar-refractivity contribution in [3.63, 3.8) is 0 Å². The molecule has 1 saturated heterocycles. The molecule has 0 aliphatic carbocycles. The van der Waals surface area contributed by atoms with Crippen LogP contribution in [0, 0.1) is 0 Å². The first kappa shape index (κ1) is 27.2. The fourth-order valence-corrected chi connectivity index (χ4v) is 4.62. The van der Waals surface area contributed by atoms with Gasteiger partial charge in [0.05, 0.1) is 12.5 Å². The number of hydrogen-bond donors (Lipinski definition) is 2. The minimum atomic E-state index is -4.85. The molecule has 0 spiro atoms. The molecule has 1 aliphatic rings. The summed E-state index contributed by atoms with van der Waals surface area (Å²) >= 11 is 0. The molecule has 1 aliphatic heterocycles. The Morgan fingerprint density at radius 3 is 2.32 bits per heavy atom. The SMILES string of the molecule is CS(=O)(=O)NC(=O)c1ccc(N2CCN(Cc3cc(OC(F)(F)F)cc(-c4cncc(O)c4)c3)CC2)cc1. The molecule has 2 heterocycles. The van der Waals surface area contributed by atoms with E-state index < -0.39 is 22.3 Å². The van der Waals surface area contributed by atoms with Crippen LogP contribution in [-0.4, -0.2) is 68.1 Å². The number of carbonyl (C=O) groups is 1. The van der Waals surface area contributed by atoms with Gasteiger partial charge in [-0.25, -0.2) is 13.1 Å². The van der Waals surface area contributed by atoms with E-state index in [1.807, 2.05) is 4.72 Å². The fraction of sp³-hybridized carbons (Fsp3) is 0.280. The number of pyridine rings is 1. The molecule has 0 unspecified atom stereocenters. The number of carbonyl (C=O) groups excluding carboxylic acids is 1. The second-order valence-electron chi connectivity index (χ2n) is 8.86. The van der Waals surface area contributed by atoms with E-state index in [4.69, 9.17) is 0 Å².